The molecule has 4 aromatic rings. The Labute approximate surface area is 192 Å². The first-order chi connectivity index (χ1) is 16.0. The van der Waals surface area contributed by atoms with Gasteiger partial charge in [-0.05, 0) is 49.4 Å². The quantitative estimate of drug-likeness (QED) is 0.482. The van der Waals surface area contributed by atoms with Crippen molar-refractivity contribution in [3.05, 3.63) is 86.1 Å². The van der Waals surface area contributed by atoms with E-state index in [-0.39, 0.29) is 17.8 Å². The van der Waals surface area contributed by atoms with Crippen LogP contribution in [0.5, 0.6) is 0 Å². The molecule has 33 heavy (non-hydrogen) atoms. The number of aryl methyl sites for hydroxylation is 4. The zero-order valence-electron chi connectivity index (χ0n) is 19.4. The highest BCUT2D eigenvalue weighted by atomic mass is 16.2. The summed E-state index contributed by atoms with van der Waals surface area (Å²) in [7, 11) is 1.70. The highest BCUT2D eigenvalue weighted by Gasteiger charge is 2.26. The topological polar surface area (TPSA) is 65.1 Å². The van der Waals surface area contributed by atoms with Crippen LogP contribution in [0.25, 0.3) is 11.2 Å². The molecule has 0 saturated heterocycles. The second-order valence-corrected chi connectivity index (χ2v) is 8.84. The van der Waals surface area contributed by atoms with Gasteiger partial charge in [-0.25, -0.2) is 4.79 Å². The minimum Gasteiger partial charge on any atom is -0.312 e. The Bertz CT molecular complexity index is 1440. The van der Waals surface area contributed by atoms with Gasteiger partial charge in [0.1, 0.15) is 0 Å². The highest BCUT2D eigenvalue weighted by molar-refractivity contribution is 5.76. The lowest BCUT2D eigenvalue weighted by Crippen LogP contribution is -2.40. The molecule has 0 unspecified atom stereocenters. The van der Waals surface area contributed by atoms with E-state index in [0.717, 1.165) is 48.6 Å². The molecule has 0 radical (unpaired) electrons. The van der Waals surface area contributed by atoms with Gasteiger partial charge in [0, 0.05) is 25.8 Å². The van der Waals surface area contributed by atoms with Crippen LogP contribution in [0.1, 0.15) is 36.5 Å². The molecule has 1 aliphatic rings. The lowest BCUT2D eigenvalue weighted by Gasteiger charge is -2.22. The zero-order chi connectivity index (χ0) is 23.1. The molecule has 2 aromatic heterocycles. The van der Waals surface area contributed by atoms with Crippen molar-refractivity contribution < 1.29 is 0 Å². The van der Waals surface area contributed by atoms with Gasteiger partial charge >= 0.3 is 5.69 Å². The average Bonchev–Trinajstić information content (AvgIpc) is 3.08. The number of benzene rings is 2. The third kappa shape index (κ3) is 3.67. The van der Waals surface area contributed by atoms with Gasteiger partial charge in [0.15, 0.2) is 11.2 Å². The van der Waals surface area contributed by atoms with Crippen molar-refractivity contribution in [2.75, 3.05) is 11.4 Å². The Morgan fingerprint density at radius 2 is 1.73 bits per heavy atom. The summed E-state index contributed by atoms with van der Waals surface area (Å²) in [5.41, 5.74) is 4.68. The second-order valence-electron chi connectivity index (χ2n) is 8.84. The molecule has 0 spiro atoms. The van der Waals surface area contributed by atoms with Crippen molar-refractivity contribution in [2.45, 2.75) is 46.2 Å². The monoisotopic (exact) mass is 443 g/mol. The van der Waals surface area contributed by atoms with E-state index >= 15 is 0 Å². The van der Waals surface area contributed by atoms with E-state index in [2.05, 4.69) is 36.1 Å². The number of nitrogens with zero attached hydrogens (tertiary/aromatic N) is 5. The Morgan fingerprint density at radius 3 is 2.45 bits per heavy atom. The van der Waals surface area contributed by atoms with Crippen LogP contribution in [0.2, 0.25) is 0 Å². The fourth-order valence-corrected chi connectivity index (χ4v) is 4.71. The van der Waals surface area contributed by atoms with Crippen molar-refractivity contribution in [1.29, 1.82) is 0 Å². The third-order valence-electron chi connectivity index (χ3n) is 6.55. The van der Waals surface area contributed by atoms with Gasteiger partial charge in [-0.15, -0.1) is 0 Å². The van der Waals surface area contributed by atoms with E-state index in [0.29, 0.717) is 17.7 Å². The molecular formula is C26H29N5O2. The SMILES string of the molecule is CCc1ccc(N2CCCCn3c2nc2c3c(=O)n(Cc3cccc(C)c3)c(=O)n2C)cc1. The first kappa shape index (κ1) is 21.2. The summed E-state index contributed by atoms with van der Waals surface area (Å²) in [5, 5.41) is 0. The molecule has 7 heteroatoms. The molecule has 0 aliphatic carbocycles. The van der Waals surface area contributed by atoms with Crippen molar-refractivity contribution in [3.63, 3.8) is 0 Å². The van der Waals surface area contributed by atoms with Crippen LogP contribution in [0.15, 0.2) is 58.1 Å². The van der Waals surface area contributed by atoms with Crippen molar-refractivity contribution in [2.24, 2.45) is 7.05 Å². The Morgan fingerprint density at radius 1 is 0.970 bits per heavy atom. The molecule has 0 N–H and O–H groups in total. The normalized spacial score (nSPS) is 13.8. The number of aromatic nitrogens is 4. The van der Waals surface area contributed by atoms with Crippen LogP contribution in [-0.2, 0) is 26.6 Å². The molecule has 0 amide bonds. The van der Waals surface area contributed by atoms with E-state index in [1.165, 1.54) is 14.7 Å². The van der Waals surface area contributed by atoms with E-state index in [1.54, 1.807) is 7.05 Å². The van der Waals surface area contributed by atoms with Crippen LogP contribution >= 0.6 is 0 Å². The summed E-state index contributed by atoms with van der Waals surface area (Å²) in [5.74, 6) is 0.729. The van der Waals surface area contributed by atoms with Gasteiger partial charge in [-0.3, -0.25) is 13.9 Å². The van der Waals surface area contributed by atoms with Crippen LogP contribution in [0.4, 0.5) is 11.6 Å². The lowest BCUT2D eigenvalue weighted by molar-refractivity contribution is 0.638. The van der Waals surface area contributed by atoms with E-state index < -0.39 is 0 Å². The third-order valence-corrected chi connectivity index (χ3v) is 6.55. The Balaban J connectivity index is 1.69. The zero-order valence-corrected chi connectivity index (χ0v) is 19.4. The molecule has 1 aliphatic heterocycles. The molecule has 3 heterocycles. The van der Waals surface area contributed by atoms with Gasteiger partial charge in [-0.1, -0.05) is 48.9 Å². The highest BCUT2D eigenvalue weighted by Crippen LogP contribution is 2.30. The number of hydrogen-bond acceptors (Lipinski definition) is 4. The van der Waals surface area contributed by atoms with E-state index in [4.69, 9.17) is 4.98 Å². The number of rotatable bonds is 4. The molecule has 2 aromatic carbocycles. The number of hydrogen-bond donors (Lipinski definition) is 0. The van der Waals surface area contributed by atoms with E-state index in [9.17, 15) is 9.59 Å². The summed E-state index contributed by atoms with van der Waals surface area (Å²) in [6, 6.07) is 16.4. The van der Waals surface area contributed by atoms with Crippen molar-refractivity contribution >= 4 is 22.8 Å². The van der Waals surface area contributed by atoms with Gasteiger partial charge in [0.2, 0.25) is 5.95 Å². The van der Waals surface area contributed by atoms with Gasteiger partial charge < -0.3 is 9.47 Å². The van der Waals surface area contributed by atoms with Gasteiger partial charge in [0.05, 0.1) is 6.54 Å². The van der Waals surface area contributed by atoms with Crippen LogP contribution in [0, 0.1) is 6.92 Å². The lowest BCUT2D eigenvalue weighted by atomic mass is 10.1. The minimum absolute atomic E-state index is 0.242. The fourth-order valence-electron chi connectivity index (χ4n) is 4.71. The largest absolute Gasteiger partial charge is 0.332 e. The maximum Gasteiger partial charge on any atom is 0.332 e. The minimum atomic E-state index is -0.346. The molecule has 7 nitrogen and oxygen atoms in total. The molecule has 0 atom stereocenters. The summed E-state index contributed by atoms with van der Waals surface area (Å²) in [6.07, 6.45) is 2.94. The fraction of sp³-hybridized carbons (Fsp3) is 0.346. The number of fused-ring (bicyclic) bond motifs is 3. The molecular weight excluding hydrogens is 414 g/mol. The smallest absolute Gasteiger partial charge is 0.312 e. The van der Waals surface area contributed by atoms with Gasteiger partial charge in [-0.2, -0.15) is 4.98 Å². The van der Waals surface area contributed by atoms with Crippen LogP contribution < -0.4 is 16.1 Å². The summed E-state index contributed by atoms with van der Waals surface area (Å²) < 4.78 is 4.84. The van der Waals surface area contributed by atoms with Gasteiger partial charge in [0.25, 0.3) is 5.56 Å². The van der Waals surface area contributed by atoms with Crippen LogP contribution in [-0.4, -0.2) is 25.2 Å². The summed E-state index contributed by atoms with van der Waals surface area (Å²) in [4.78, 5) is 33.8. The summed E-state index contributed by atoms with van der Waals surface area (Å²) >= 11 is 0. The standard InChI is InChI=1S/C26H29N5O2/c1-4-19-10-12-21(13-11-19)29-14-5-6-15-30-22-23(27-25(29)30)28(3)26(33)31(24(22)32)17-20-9-7-8-18(2)16-20/h7-13,16H,4-6,14-15,17H2,1-3H3. The van der Waals surface area contributed by atoms with Crippen molar-refractivity contribution in [1.82, 2.24) is 18.7 Å². The molecule has 5 rings (SSSR count). The molecule has 170 valence electrons. The maximum absolute atomic E-state index is 13.6. The Kier molecular flexibility index (Phi) is 5.40. The number of anilines is 2. The predicted octanol–water partition coefficient (Wildman–Crippen LogP) is 3.75. The average molecular weight is 444 g/mol. The first-order valence-electron chi connectivity index (χ1n) is 11.6. The molecule has 0 fully saturated rings. The molecule has 0 bridgehead atoms. The maximum atomic E-state index is 13.6. The Hall–Kier alpha value is -3.61. The predicted molar refractivity (Wildman–Crippen MR) is 132 cm³/mol. The summed E-state index contributed by atoms with van der Waals surface area (Å²) in [6.45, 7) is 5.91. The van der Waals surface area contributed by atoms with Crippen molar-refractivity contribution in [3.8, 4) is 0 Å². The number of imidazole rings is 1. The van der Waals surface area contributed by atoms with E-state index in [1.807, 2.05) is 35.8 Å². The first-order valence-corrected chi connectivity index (χ1v) is 11.6. The molecule has 0 saturated carbocycles. The second kappa shape index (κ2) is 8.39. The van der Waals surface area contributed by atoms with Crippen LogP contribution in [0.3, 0.4) is 0 Å².